The van der Waals surface area contributed by atoms with Gasteiger partial charge in [-0.25, -0.2) is 4.79 Å². The molecule has 8 nitrogen and oxygen atoms in total. The minimum atomic E-state index is -2.89. The molecule has 0 radical (unpaired) electrons. The zero-order valence-electron chi connectivity index (χ0n) is 10.1. The van der Waals surface area contributed by atoms with E-state index in [4.69, 9.17) is 19.1 Å². The normalized spacial score (nSPS) is 33.4. The second kappa shape index (κ2) is 7.23. The summed E-state index contributed by atoms with van der Waals surface area (Å²) in [4.78, 5) is 10.2. The molecular formula is C8H16BO8P. The first-order chi connectivity index (χ1) is 8.45. The molecule has 104 valence electrons. The fourth-order valence-corrected chi connectivity index (χ4v) is 2.28. The van der Waals surface area contributed by atoms with Crippen LogP contribution in [0.15, 0.2) is 0 Å². The predicted molar refractivity (Wildman–Crippen MR) is 62.6 cm³/mol. The van der Waals surface area contributed by atoms with Crippen LogP contribution in [0.1, 0.15) is 0 Å². The number of ether oxygens (including phenoxy) is 2. The fourth-order valence-electron chi connectivity index (χ4n) is 1.66. The highest BCUT2D eigenvalue weighted by Gasteiger charge is 2.41. The van der Waals surface area contributed by atoms with E-state index in [9.17, 15) is 14.5 Å². The van der Waals surface area contributed by atoms with E-state index in [1.807, 2.05) is 0 Å². The SMILES string of the molecule is BC1OC(CO[PH](=O)OCC(=O)O)C(OC)C1O. The molecule has 1 aliphatic heterocycles. The predicted octanol–water partition coefficient (Wildman–Crippen LogP) is -1.77. The Hall–Kier alpha value is -0.435. The van der Waals surface area contributed by atoms with Crippen LogP contribution in [0.2, 0.25) is 0 Å². The van der Waals surface area contributed by atoms with Crippen LogP contribution in [0.4, 0.5) is 0 Å². The van der Waals surface area contributed by atoms with Crippen LogP contribution in [0.25, 0.3) is 0 Å². The van der Waals surface area contributed by atoms with Gasteiger partial charge in [-0.05, 0) is 0 Å². The Morgan fingerprint density at radius 2 is 2.17 bits per heavy atom. The number of hydrogen-bond donors (Lipinski definition) is 2. The molecule has 1 rings (SSSR count). The van der Waals surface area contributed by atoms with Crippen LogP contribution < -0.4 is 0 Å². The maximum absolute atomic E-state index is 11.2. The number of aliphatic hydroxyl groups is 1. The Balaban J connectivity index is 2.34. The summed E-state index contributed by atoms with van der Waals surface area (Å²) in [5.74, 6) is -1.23. The van der Waals surface area contributed by atoms with Gasteiger partial charge in [0.2, 0.25) is 0 Å². The maximum atomic E-state index is 11.2. The summed E-state index contributed by atoms with van der Waals surface area (Å²) in [6.07, 6.45) is -1.93. The van der Waals surface area contributed by atoms with Gasteiger partial charge in [-0.2, -0.15) is 0 Å². The number of methoxy groups -OCH3 is 1. The van der Waals surface area contributed by atoms with Crippen molar-refractivity contribution in [3.63, 3.8) is 0 Å². The van der Waals surface area contributed by atoms with E-state index >= 15 is 0 Å². The van der Waals surface area contributed by atoms with Gasteiger partial charge in [0.25, 0.3) is 0 Å². The lowest BCUT2D eigenvalue weighted by molar-refractivity contribution is -0.139. The average molecular weight is 282 g/mol. The van der Waals surface area contributed by atoms with E-state index in [1.165, 1.54) is 7.11 Å². The first kappa shape index (κ1) is 15.6. The Kier molecular flexibility index (Phi) is 6.27. The van der Waals surface area contributed by atoms with Gasteiger partial charge in [0, 0.05) is 7.11 Å². The summed E-state index contributed by atoms with van der Waals surface area (Å²) in [6, 6.07) is -0.411. The van der Waals surface area contributed by atoms with E-state index in [2.05, 4.69) is 4.52 Å². The Morgan fingerprint density at radius 1 is 1.50 bits per heavy atom. The molecule has 5 atom stereocenters. The van der Waals surface area contributed by atoms with Gasteiger partial charge in [0.1, 0.15) is 26.2 Å². The maximum Gasteiger partial charge on any atom is 0.330 e. The fraction of sp³-hybridized carbons (Fsp3) is 0.875. The smallest absolute Gasteiger partial charge is 0.330 e. The molecule has 1 fully saturated rings. The molecule has 0 saturated carbocycles. The number of hydrogen-bond acceptors (Lipinski definition) is 7. The number of carbonyl (C=O) groups is 1. The standard InChI is InChI=1S/C8H16BO8P/c1-14-7-4(17-8(9)6(7)12)2-15-18(13)16-3-5(10)11/h4,6-8,12,18H,2-3,9H2,1H3,(H,10,11). The van der Waals surface area contributed by atoms with Crippen molar-refractivity contribution in [2.24, 2.45) is 0 Å². The second-order valence-electron chi connectivity index (χ2n) is 3.81. The minimum absolute atomic E-state index is 0.0999. The van der Waals surface area contributed by atoms with E-state index < -0.39 is 45.1 Å². The van der Waals surface area contributed by atoms with Crippen molar-refractivity contribution in [1.29, 1.82) is 0 Å². The molecule has 0 bridgehead atoms. The third kappa shape index (κ3) is 4.35. The van der Waals surface area contributed by atoms with E-state index in [1.54, 1.807) is 7.85 Å². The highest BCUT2D eigenvalue weighted by atomic mass is 31.1. The zero-order valence-corrected chi connectivity index (χ0v) is 11.1. The van der Waals surface area contributed by atoms with Gasteiger partial charge in [-0.15, -0.1) is 0 Å². The largest absolute Gasteiger partial charge is 0.480 e. The first-order valence-corrected chi connectivity index (χ1v) is 6.55. The van der Waals surface area contributed by atoms with Crippen molar-refractivity contribution in [2.45, 2.75) is 24.3 Å². The van der Waals surface area contributed by atoms with Crippen LogP contribution in [0.3, 0.4) is 0 Å². The summed E-state index contributed by atoms with van der Waals surface area (Å²) in [5.41, 5.74) is 0. The molecular weight excluding hydrogens is 266 g/mol. The molecule has 1 saturated heterocycles. The third-order valence-corrected chi connectivity index (χ3v) is 3.31. The lowest BCUT2D eigenvalue weighted by Gasteiger charge is -2.18. The van der Waals surface area contributed by atoms with Gasteiger partial charge >= 0.3 is 14.2 Å². The Labute approximate surface area is 106 Å². The van der Waals surface area contributed by atoms with Crippen LogP contribution in [-0.4, -0.2) is 68.7 Å². The third-order valence-electron chi connectivity index (χ3n) is 2.52. The minimum Gasteiger partial charge on any atom is -0.480 e. The molecule has 10 heteroatoms. The molecule has 0 aromatic rings. The lowest BCUT2D eigenvalue weighted by atomic mass is 9.93. The van der Waals surface area contributed by atoms with Crippen molar-refractivity contribution in [2.75, 3.05) is 20.3 Å². The number of carboxylic acids is 1. The Bertz CT molecular complexity index is 313. The number of aliphatic hydroxyl groups excluding tert-OH is 1. The summed E-state index contributed by atoms with van der Waals surface area (Å²) < 4.78 is 30.9. The van der Waals surface area contributed by atoms with Crippen LogP contribution in [0, 0.1) is 0 Å². The van der Waals surface area contributed by atoms with Gasteiger partial charge in [0.05, 0.1) is 12.6 Å². The van der Waals surface area contributed by atoms with Gasteiger partial charge in [0.15, 0.2) is 6.61 Å². The summed E-state index contributed by atoms with van der Waals surface area (Å²) in [6.45, 7) is -0.784. The summed E-state index contributed by atoms with van der Waals surface area (Å²) in [5, 5.41) is 18.0. The van der Waals surface area contributed by atoms with Crippen LogP contribution in [0.5, 0.6) is 0 Å². The van der Waals surface area contributed by atoms with Gasteiger partial charge in [-0.3, -0.25) is 9.09 Å². The van der Waals surface area contributed by atoms with E-state index in [-0.39, 0.29) is 6.61 Å². The lowest BCUT2D eigenvalue weighted by Crippen LogP contribution is -2.36. The number of aliphatic carboxylic acids is 1. The molecule has 1 heterocycles. The van der Waals surface area contributed by atoms with Crippen LogP contribution in [-0.2, 0) is 27.9 Å². The highest BCUT2D eigenvalue weighted by Crippen LogP contribution is 2.28. The molecule has 18 heavy (non-hydrogen) atoms. The van der Waals surface area contributed by atoms with E-state index in [0.29, 0.717) is 0 Å². The zero-order chi connectivity index (χ0) is 13.7. The molecule has 0 aromatic heterocycles. The summed E-state index contributed by atoms with van der Waals surface area (Å²) in [7, 11) is 0.218. The van der Waals surface area contributed by atoms with Gasteiger partial charge < -0.3 is 24.2 Å². The van der Waals surface area contributed by atoms with Crippen molar-refractivity contribution in [3.8, 4) is 0 Å². The number of carboxylic acid groups (broad SMARTS) is 1. The average Bonchev–Trinajstić information content (AvgIpc) is 2.59. The highest BCUT2D eigenvalue weighted by molar-refractivity contribution is 7.33. The van der Waals surface area contributed by atoms with E-state index in [0.717, 1.165) is 0 Å². The van der Waals surface area contributed by atoms with Crippen molar-refractivity contribution < 1.29 is 38.1 Å². The molecule has 0 amide bonds. The number of rotatable bonds is 7. The molecule has 0 spiro atoms. The summed E-state index contributed by atoms with van der Waals surface area (Å²) >= 11 is 0. The van der Waals surface area contributed by atoms with Gasteiger partial charge in [-0.1, -0.05) is 0 Å². The molecule has 0 aromatic carbocycles. The first-order valence-electron chi connectivity index (χ1n) is 5.33. The van der Waals surface area contributed by atoms with Crippen molar-refractivity contribution >= 4 is 22.1 Å². The molecule has 0 aliphatic carbocycles. The molecule has 5 unspecified atom stereocenters. The van der Waals surface area contributed by atoms with Crippen molar-refractivity contribution in [3.05, 3.63) is 0 Å². The topological polar surface area (TPSA) is 112 Å². The second-order valence-corrected chi connectivity index (χ2v) is 4.89. The van der Waals surface area contributed by atoms with Crippen LogP contribution >= 0.6 is 8.25 Å². The monoisotopic (exact) mass is 282 g/mol. The molecule has 2 N–H and O–H groups in total. The quantitative estimate of drug-likeness (QED) is 0.416. The Morgan fingerprint density at radius 3 is 2.72 bits per heavy atom. The van der Waals surface area contributed by atoms with Crippen molar-refractivity contribution in [1.82, 2.24) is 0 Å². The molecule has 1 aliphatic rings.